The number of benzene rings is 1. The van der Waals surface area contributed by atoms with Crippen LogP contribution in [0.15, 0.2) is 24.3 Å². The lowest BCUT2D eigenvalue weighted by Crippen LogP contribution is -2.47. The van der Waals surface area contributed by atoms with Gasteiger partial charge in [0.1, 0.15) is 0 Å². The standard InChI is InChI=1S/C16H24N4O4/c1-4-13(11-6-5-7-12(8-11)20(23)24)19-14(21)9-18-16(22)15(17)10(2)3/h5-8,10,13,15H,4,9,17H2,1-3H3,(H,18,22)(H,19,21)/t13?,15-/m0/s1. The minimum atomic E-state index is -0.670. The van der Waals surface area contributed by atoms with E-state index in [1.807, 2.05) is 20.8 Å². The van der Waals surface area contributed by atoms with Gasteiger partial charge in [-0.05, 0) is 17.9 Å². The first-order chi connectivity index (χ1) is 11.3. The highest BCUT2D eigenvalue weighted by Crippen LogP contribution is 2.21. The number of hydrogen-bond donors (Lipinski definition) is 3. The Hall–Kier alpha value is -2.48. The van der Waals surface area contributed by atoms with Gasteiger partial charge >= 0.3 is 0 Å². The van der Waals surface area contributed by atoms with Gasteiger partial charge in [0.15, 0.2) is 0 Å². The third-order valence-corrected chi connectivity index (χ3v) is 3.67. The van der Waals surface area contributed by atoms with Crippen LogP contribution in [0.5, 0.6) is 0 Å². The molecule has 0 aliphatic rings. The molecule has 1 aromatic carbocycles. The number of nitrogens with one attached hydrogen (secondary N) is 2. The van der Waals surface area contributed by atoms with Crippen LogP contribution in [0.25, 0.3) is 0 Å². The number of non-ortho nitro benzene ring substituents is 1. The van der Waals surface area contributed by atoms with Gasteiger partial charge in [0.2, 0.25) is 11.8 Å². The second-order valence-corrected chi connectivity index (χ2v) is 5.87. The van der Waals surface area contributed by atoms with Crippen molar-refractivity contribution in [3.05, 3.63) is 39.9 Å². The molecule has 2 atom stereocenters. The average Bonchev–Trinajstić information content (AvgIpc) is 2.56. The van der Waals surface area contributed by atoms with Crippen LogP contribution in [0.3, 0.4) is 0 Å². The Morgan fingerprint density at radius 1 is 1.33 bits per heavy atom. The third kappa shape index (κ3) is 5.62. The number of carbonyl (C=O) groups is 2. The molecule has 8 heteroatoms. The van der Waals surface area contributed by atoms with Crippen LogP contribution in [0.2, 0.25) is 0 Å². The fraction of sp³-hybridized carbons (Fsp3) is 0.500. The maximum atomic E-state index is 12.0. The highest BCUT2D eigenvalue weighted by atomic mass is 16.6. The largest absolute Gasteiger partial charge is 0.348 e. The summed E-state index contributed by atoms with van der Waals surface area (Å²) in [5.74, 6) is -0.789. The molecule has 0 bridgehead atoms. The first kappa shape index (κ1) is 19.6. The second-order valence-electron chi connectivity index (χ2n) is 5.87. The van der Waals surface area contributed by atoms with E-state index in [9.17, 15) is 19.7 Å². The summed E-state index contributed by atoms with van der Waals surface area (Å²) in [6.07, 6.45) is 0.562. The van der Waals surface area contributed by atoms with E-state index in [4.69, 9.17) is 5.73 Å². The van der Waals surface area contributed by atoms with Gasteiger partial charge in [-0.15, -0.1) is 0 Å². The lowest BCUT2D eigenvalue weighted by molar-refractivity contribution is -0.384. The minimum absolute atomic E-state index is 0.0266. The van der Waals surface area contributed by atoms with E-state index in [0.717, 1.165) is 0 Å². The average molecular weight is 336 g/mol. The molecule has 0 aliphatic carbocycles. The molecule has 0 fully saturated rings. The molecule has 132 valence electrons. The van der Waals surface area contributed by atoms with Crippen molar-refractivity contribution in [3.8, 4) is 0 Å². The van der Waals surface area contributed by atoms with Crippen molar-refractivity contribution in [2.75, 3.05) is 6.54 Å². The molecular weight excluding hydrogens is 312 g/mol. The Balaban J connectivity index is 2.65. The first-order valence-corrected chi connectivity index (χ1v) is 7.83. The Morgan fingerprint density at radius 3 is 2.54 bits per heavy atom. The summed E-state index contributed by atoms with van der Waals surface area (Å²) >= 11 is 0. The molecule has 0 aliphatic heterocycles. The summed E-state index contributed by atoms with van der Waals surface area (Å²) in [4.78, 5) is 34.1. The van der Waals surface area contributed by atoms with Crippen molar-refractivity contribution >= 4 is 17.5 Å². The fourth-order valence-electron chi connectivity index (χ4n) is 2.11. The van der Waals surface area contributed by atoms with Crippen molar-refractivity contribution in [1.29, 1.82) is 0 Å². The van der Waals surface area contributed by atoms with E-state index < -0.39 is 11.0 Å². The molecule has 0 aromatic heterocycles. The minimum Gasteiger partial charge on any atom is -0.348 e. The molecule has 24 heavy (non-hydrogen) atoms. The van der Waals surface area contributed by atoms with Crippen LogP contribution in [-0.4, -0.2) is 29.3 Å². The molecule has 2 amide bonds. The number of nitrogens with zero attached hydrogens (tertiary/aromatic N) is 1. The number of nitro benzene ring substituents is 1. The predicted octanol–water partition coefficient (Wildman–Crippen LogP) is 1.26. The van der Waals surface area contributed by atoms with Crippen molar-refractivity contribution in [2.24, 2.45) is 11.7 Å². The van der Waals surface area contributed by atoms with Crippen molar-refractivity contribution in [1.82, 2.24) is 10.6 Å². The SMILES string of the molecule is CCC(NC(=O)CNC(=O)[C@@H](N)C(C)C)c1cccc([N+](=O)[O-])c1. The first-order valence-electron chi connectivity index (χ1n) is 7.83. The molecule has 1 unspecified atom stereocenters. The summed E-state index contributed by atoms with van der Waals surface area (Å²) < 4.78 is 0. The number of rotatable bonds is 8. The normalized spacial score (nSPS) is 13.2. The van der Waals surface area contributed by atoms with Gasteiger partial charge in [0.25, 0.3) is 5.69 Å². The van der Waals surface area contributed by atoms with E-state index >= 15 is 0 Å². The van der Waals surface area contributed by atoms with E-state index in [-0.39, 0.29) is 36.0 Å². The maximum absolute atomic E-state index is 12.0. The summed E-state index contributed by atoms with van der Waals surface area (Å²) in [5, 5.41) is 16.1. The lowest BCUT2D eigenvalue weighted by atomic mass is 10.0. The summed E-state index contributed by atoms with van der Waals surface area (Å²) in [6, 6.07) is 5.08. The monoisotopic (exact) mass is 336 g/mol. The van der Waals surface area contributed by atoms with Crippen LogP contribution >= 0.6 is 0 Å². The van der Waals surface area contributed by atoms with Gasteiger partial charge in [0, 0.05) is 12.1 Å². The topological polar surface area (TPSA) is 127 Å². The molecule has 4 N–H and O–H groups in total. The van der Waals surface area contributed by atoms with Crippen LogP contribution < -0.4 is 16.4 Å². The van der Waals surface area contributed by atoms with Crippen LogP contribution in [0.1, 0.15) is 38.8 Å². The Labute approximate surface area is 140 Å². The van der Waals surface area contributed by atoms with Gasteiger partial charge < -0.3 is 16.4 Å². The van der Waals surface area contributed by atoms with E-state index in [1.54, 1.807) is 12.1 Å². The zero-order valence-corrected chi connectivity index (χ0v) is 14.1. The quantitative estimate of drug-likeness (QED) is 0.486. The molecular formula is C16H24N4O4. The Morgan fingerprint density at radius 2 is 2.00 bits per heavy atom. The van der Waals surface area contributed by atoms with Crippen LogP contribution in [-0.2, 0) is 9.59 Å². The summed E-state index contributed by atoms with van der Waals surface area (Å²) in [5.41, 5.74) is 6.31. The molecule has 0 heterocycles. The number of nitrogens with two attached hydrogens (primary N) is 1. The third-order valence-electron chi connectivity index (χ3n) is 3.67. The van der Waals surface area contributed by atoms with E-state index in [1.165, 1.54) is 12.1 Å². The number of amides is 2. The highest BCUT2D eigenvalue weighted by molar-refractivity contribution is 5.87. The number of carbonyl (C=O) groups excluding carboxylic acids is 2. The van der Waals surface area contributed by atoms with Crippen molar-refractivity contribution < 1.29 is 14.5 Å². The Bertz CT molecular complexity index is 603. The van der Waals surface area contributed by atoms with Gasteiger partial charge in [-0.25, -0.2) is 0 Å². The highest BCUT2D eigenvalue weighted by Gasteiger charge is 2.19. The van der Waals surface area contributed by atoms with Gasteiger partial charge in [-0.2, -0.15) is 0 Å². The molecule has 0 radical (unpaired) electrons. The lowest BCUT2D eigenvalue weighted by Gasteiger charge is -2.19. The van der Waals surface area contributed by atoms with Crippen LogP contribution in [0.4, 0.5) is 5.69 Å². The zero-order chi connectivity index (χ0) is 18.3. The second kappa shape index (κ2) is 8.97. The fourth-order valence-corrected chi connectivity index (χ4v) is 2.11. The summed E-state index contributed by atoms with van der Waals surface area (Å²) in [6.45, 7) is 5.31. The molecule has 0 saturated heterocycles. The van der Waals surface area contributed by atoms with Crippen LogP contribution in [0, 0.1) is 16.0 Å². The van der Waals surface area contributed by atoms with E-state index in [0.29, 0.717) is 12.0 Å². The number of nitro groups is 1. The predicted molar refractivity (Wildman–Crippen MR) is 90.1 cm³/mol. The Kier molecular flexibility index (Phi) is 7.31. The molecule has 8 nitrogen and oxygen atoms in total. The molecule has 0 spiro atoms. The molecule has 0 saturated carbocycles. The number of hydrogen-bond acceptors (Lipinski definition) is 5. The molecule has 1 aromatic rings. The van der Waals surface area contributed by atoms with Gasteiger partial charge in [-0.1, -0.05) is 32.9 Å². The van der Waals surface area contributed by atoms with Gasteiger partial charge in [0.05, 0.1) is 23.6 Å². The smallest absolute Gasteiger partial charge is 0.269 e. The van der Waals surface area contributed by atoms with Gasteiger partial charge in [-0.3, -0.25) is 19.7 Å². The van der Waals surface area contributed by atoms with E-state index in [2.05, 4.69) is 10.6 Å². The van der Waals surface area contributed by atoms with Crippen molar-refractivity contribution in [2.45, 2.75) is 39.3 Å². The summed E-state index contributed by atoms with van der Waals surface area (Å²) in [7, 11) is 0. The maximum Gasteiger partial charge on any atom is 0.269 e. The zero-order valence-electron chi connectivity index (χ0n) is 14.1. The molecule has 1 rings (SSSR count). The van der Waals surface area contributed by atoms with Crippen molar-refractivity contribution in [3.63, 3.8) is 0 Å².